The number of anilines is 1. The summed E-state index contributed by atoms with van der Waals surface area (Å²) in [7, 11) is 3.86. The Hall–Kier alpha value is -2.08. The molecule has 0 aromatic heterocycles. The second-order valence-corrected chi connectivity index (χ2v) is 5.18. The van der Waals surface area contributed by atoms with Crippen LogP contribution < -0.4 is 4.90 Å². The number of amides is 1. The van der Waals surface area contributed by atoms with E-state index in [2.05, 4.69) is 0 Å². The molecular formula is C15H20N2O4. The number of aliphatic carboxylic acids is 1. The molecule has 6 heteroatoms. The van der Waals surface area contributed by atoms with Crippen molar-refractivity contribution in [1.82, 2.24) is 4.90 Å². The van der Waals surface area contributed by atoms with Gasteiger partial charge in [0.1, 0.15) is 6.61 Å². The first-order valence-electron chi connectivity index (χ1n) is 6.87. The van der Waals surface area contributed by atoms with Crippen LogP contribution in [0.3, 0.4) is 0 Å². The van der Waals surface area contributed by atoms with Crippen molar-refractivity contribution in [3.63, 3.8) is 0 Å². The van der Waals surface area contributed by atoms with Gasteiger partial charge in [-0.1, -0.05) is 12.1 Å². The predicted molar refractivity (Wildman–Crippen MR) is 78.3 cm³/mol. The standard InChI is InChI=1S/C15H20N2O4/c1-4-17-12(18)9-21-14(15(19)20)13(17)10-5-7-11(8-6-10)16(2)3/h5-8,13-14H,4,9H2,1-3H3,(H,19,20). The summed E-state index contributed by atoms with van der Waals surface area (Å²) >= 11 is 0. The molecule has 1 aliphatic heterocycles. The second kappa shape index (κ2) is 6.13. The highest BCUT2D eigenvalue weighted by molar-refractivity contribution is 5.83. The van der Waals surface area contributed by atoms with Crippen LogP contribution in [0, 0.1) is 0 Å². The summed E-state index contributed by atoms with van der Waals surface area (Å²) in [6.45, 7) is 2.10. The molecule has 1 N–H and O–H groups in total. The van der Waals surface area contributed by atoms with E-state index in [9.17, 15) is 14.7 Å². The van der Waals surface area contributed by atoms with Gasteiger partial charge in [0, 0.05) is 26.3 Å². The molecule has 0 aliphatic carbocycles. The van der Waals surface area contributed by atoms with Gasteiger partial charge in [-0.2, -0.15) is 0 Å². The Morgan fingerprint density at radius 2 is 2.00 bits per heavy atom. The summed E-state index contributed by atoms with van der Waals surface area (Å²) in [5, 5.41) is 9.34. The summed E-state index contributed by atoms with van der Waals surface area (Å²) in [6.07, 6.45) is -1.03. The quantitative estimate of drug-likeness (QED) is 0.900. The summed E-state index contributed by atoms with van der Waals surface area (Å²) in [6, 6.07) is 6.91. The largest absolute Gasteiger partial charge is 0.479 e. The van der Waals surface area contributed by atoms with Crippen LogP contribution in [0.25, 0.3) is 0 Å². The van der Waals surface area contributed by atoms with Crippen molar-refractivity contribution in [1.29, 1.82) is 0 Å². The van der Waals surface area contributed by atoms with Gasteiger partial charge in [-0.25, -0.2) is 4.79 Å². The van der Waals surface area contributed by atoms with Crippen molar-refractivity contribution in [2.24, 2.45) is 0 Å². The first kappa shape index (κ1) is 15.3. The lowest BCUT2D eigenvalue weighted by molar-refractivity contribution is -0.172. The van der Waals surface area contributed by atoms with Gasteiger partial charge in [0.05, 0.1) is 6.04 Å². The fourth-order valence-corrected chi connectivity index (χ4v) is 2.56. The first-order chi connectivity index (χ1) is 9.95. The Morgan fingerprint density at radius 3 is 2.48 bits per heavy atom. The van der Waals surface area contributed by atoms with E-state index in [0.717, 1.165) is 11.3 Å². The number of carboxylic acid groups (broad SMARTS) is 1. The monoisotopic (exact) mass is 292 g/mol. The van der Waals surface area contributed by atoms with Crippen LogP contribution >= 0.6 is 0 Å². The van der Waals surface area contributed by atoms with Gasteiger partial charge in [-0.15, -0.1) is 0 Å². The number of nitrogens with zero attached hydrogens (tertiary/aromatic N) is 2. The number of likely N-dealkylation sites (N-methyl/N-ethyl adjacent to an activating group) is 1. The number of carboxylic acids is 1. The molecule has 2 rings (SSSR count). The Balaban J connectivity index is 2.38. The lowest BCUT2D eigenvalue weighted by atomic mass is 9.97. The molecule has 2 unspecified atom stereocenters. The SMILES string of the molecule is CCN1C(=O)COC(C(=O)O)C1c1ccc(N(C)C)cc1. The molecule has 114 valence electrons. The van der Waals surface area contributed by atoms with Gasteiger partial charge in [0.2, 0.25) is 5.91 Å². The lowest BCUT2D eigenvalue weighted by Crippen LogP contribution is -2.51. The minimum absolute atomic E-state index is 0.183. The minimum Gasteiger partial charge on any atom is -0.479 e. The number of hydrogen-bond acceptors (Lipinski definition) is 4. The average molecular weight is 292 g/mol. The molecule has 1 heterocycles. The molecule has 0 bridgehead atoms. The zero-order valence-corrected chi connectivity index (χ0v) is 12.4. The van der Waals surface area contributed by atoms with Crippen molar-refractivity contribution in [2.75, 3.05) is 32.1 Å². The van der Waals surface area contributed by atoms with Crippen molar-refractivity contribution >= 4 is 17.6 Å². The molecule has 0 spiro atoms. The van der Waals surface area contributed by atoms with Crippen molar-refractivity contribution < 1.29 is 19.4 Å². The summed E-state index contributed by atoms with van der Waals surface area (Å²) in [5.41, 5.74) is 1.78. The normalized spacial score (nSPS) is 22.2. The predicted octanol–water partition coefficient (Wildman–Crippen LogP) is 1.13. The number of ether oxygens (including phenoxy) is 1. The van der Waals surface area contributed by atoms with Gasteiger partial charge >= 0.3 is 5.97 Å². The number of hydrogen-bond donors (Lipinski definition) is 1. The van der Waals surface area contributed by atoms with E-state index in [4.69, 9.17) is 4.74 Å². The molecule has 6 nitrogen and oxygen atoms in total. The molecule has 0 radical (unpaired) electrons. The number of benzene rings is 1. The fourth-order valence-electron chi connectivity index (χ4n) is 2.56. The number of rotatable bonds is 4. The van der Waals surface area contributed by atoms with Crippen LogP contribution in [0.15, 0.2) is 24.3 Å². The molecule has 0 saturated carbocycles. The third-order valence-corrected chi connectivity index (χ3v) is 3.66. The molecule has 1 aliphatic rings. The fraction of sp³-hybridized carbons (Fsp3) is 0.467. The van der Waals surface area contributed by atoms with Crippen LogP contribution in [-0.4, -0.2) is 55.2 Å². The lowest BCUT2D eigenvalue weighted by Gasteiger charge is -2.39. The van der Waals surface area contributed by atoms with Crippen LogP contribution in [0.5, 0.6) is 0 Å². The van der Waals surface area contributed by atoms with Crippen molar-refractivity contribution in [3.05, 3.63) is 29.8 Å². The topological polar surface area (TPSA) is 70.1 Å². The van der Waals surface area contributed by atoms with Crippen LogP contribution in [0.2, 0.25) is 0 Å². The third kappa shape index (κ3) is 3.00. The van der Waals surface area contributed by atoms with Gasteiger partial charge in [0.25, 0.3) is 0 Å². The molecule has 1 amide bonds. The maximum absolute atomic E-state index is 12.0. The molecule has 2 atom stereocenters. The van der Waals surface area contributed by atoms with Gasteiger partial charge < -0.3 is 19.6 Å². The highest BCUT2D eigenvalue weighted by atomic mass is 16.5. The molecule has 1 fully saturated rings. The van der Waals surface area contributed by atoms with Crippen LogP contribution in [-0.2, 0) is 14.3 Å². The zero-order valence-electron chi connectivity index (χ0n) is 12.4. The summed E-state index contributed by atoms with van der Waals surface area (Å²) in [4.78, 5) is 26.9. The van der Waals surface area contributed by atoms with Gasteiger partial charge in [-0.05, 0) is 24.6 Å². The smallest absolute Gasteiger partial charge is 0.335 e. The third-order valence-electron chi connectivity index (χ3n) is 3.66. The van der Waals surface area contributed by atoms with E-state index < -0.39 is 18.1 Å². The Kier molecular flexibility index (Phi) is 4.47. The Bertz CT molecular complexity index is 525. The van der Waals surface area contributed by atoms with E-state index >= 15 is 0 Å². The van der Waals surface area contributed by atoms with E-state index in [1.54, 1.807) is 4.90 Å². The number of morpholine rings is 1. The summed E-state index contributed by atoms with van der Waals surface area (Å²) < 4.78 is 5.23. The number of carbonyl (C=O) groups is 2. The number of carbonyl (C=O) groups excluding carboxylic acids is 1. The molecular weight excluding hydrogens is 272 g/mol. The molecule has 1 aromatic rings. The van der Waals surface area contributed by atoms with E-state index in [1.165, 1.54) is 0 Å². The van der Waals surface area contributed by atoms with Crippen LogP contribution in [0.4, 0.5) is 5.69 Å². The second-order valence-electron chi connectivity index (χ2n) is 5.18. The summed E-state index contributed by atoms with van der Waals surface area (Å²) in [5.74, 6) is -1.24. The van der Waals surface area contributed by atoms with E-state index in [-0.39, 0.29) is 12.5 Å². The van der Waals surface area contributed by atoms with Crippen LogP contribution in [0.1, 0.15) is 18.5 Å². The zero-order chi connectivity index (χ0) is 15.6. The molecule has 21 heavy (non-hydrogen) atoms. The van der Waals surface area contributed by atoms with E-state index in [1.807, 2.05) is 50.2 Å². The van der Waals surface area contributed by atoms with Crippen molar-refractivity contribution in [3.8, 4) is 0 Å². The minimum atomic E-state index is -1.05. The maximum Gasteiger partial charge on any atom is 0.335 e. The van der Waals surface area contributed by atoms with Gasteiger partial charge in [0.15, 0.2) is 6.10 Å². The maximum atomic E-state index is 12.0. The Labute approximate surface area is 123 Å². The Morgan fingerprint density at radius 1 is 1.38 bits per heavy atom. The highest BCUT2D eigenvalue weighted by Crippen LogP contribution is 2.31. The van der Waals surface area contributed by atoms with Gasteiger partial charge in [-0.3, -0.25) is 4.79 Å². The first-order valence-corrected chi connectivity index (χ1v) is 6.87. The molecule has 1 saturated heterocycles. The van der Waals surface area contributed by atoms with E-state index in [0.29, 0.717) is 6.54 Å². The molecule has 1 aromatic carbocycles. The average Bonchev–Trinajstić information content (AvgIpc) is 2.46. The highest BCUT2D eigenvalue weighted by Gasteiger charge is 2.41. The van der Waals surface area contributed by atoms with Crippen molar-refractivity contribution in [2.45, 2.75) is 19.1 Å².